The molecule has 0 fully saturated rings. The number of hydrogen-bond acceptors (Lipinski definition) is 4. The first-order valence-electron chi connectivity index (χ1n) is 10.9. The molecule has 0 N–H and O–H groups in total. The van der Waals surface area contributed by atoms with E-state index in [0.717, 1.165) is 41.5 Å². The van der Waals surface area contributed by atoms with Crippen LogP contribution in [0.3, 0.4) is 0 Å². The van der Waals surface area contributed by atoms with Gasteiger partial charge in [0, 0.05) is 5.92 Å². The van der Waals surface area contributed by atoms with E-state index >= 15 is 0 Å². The lowest BCUT2D eigenvalue weighted by atomic mass is 9.51. The summed E-state index contributed by atoms with van der Waals surface area (Å²) in [5, 5.41) is 0. The zero-order valence-corrected chi connectivity index (χ0v) is 19.0. The number of esters is 2. The molecule has 0 amide bonds. The fraction of sp³-hybridized carbons (Fsp3) is 0.407. The molecule has 0 atom stereocenters. The lowest BCUT2D eigenvalue weighted by molar-refractivity contribution is -0.140. The fourth-order valence-electron chi connectivity index (χ4n) is 5.54. The quantitative estimate of drug-likeness (QED) is 0.619. The van der Waals surface area contributed by atoms with E-state index in [9.17, 15) is 9.59 Å². The zero-order chi connectivity index (χ0) is 22.4. The lowest BCUT2D eigenvalue weighted by Crippen LogP contribution is -2.47. The van der Waals surface area contributed by atoms with E-state index in [0.29, 0.717) is 11.1 Å². The molecule has 2 aromatic carbocycles. The van der Waals surface area contributed by atoms with Crippen molar-refractivity contribution in [2.24, 2.45) is 5.41 Å². The molecule has 2 aromatic rings. The number of rotatable bonds is 5. The summed E-state index contributed by atoms with van der Waals surface area (Å²) in [7, 11) is 2.75. The van der Waals surface area contributed by atoms with Crippen molar-refractivity contribution < 1.29 is 19.1 Å². The molecule has 5 rings (SSSR count). The Hall–Kier alpha value is -2.88. The van der Waals surface area contributed by atoms with Crippen LogP contribution in [0.5, 0.6) is 0 Å². The Morgan fingerprint density at radius 1 is 0.871 bits per heavy atom. The van der Waals surface area contributed by atoms with Gasteiger partial charge in [0.15, 0.2) is 0 Å². The van der Waals surface area contributed by atoms with E-state index in [1.165, 1.54) is 14.2 Å². The van der Waals surface area contributed by atoms with Crippen LogP contribution in [-0.4, -0.2) is 26.2 Å². The minimum atomic E-state index is -0.732. The van der Waals surface area contributed by atoms with E-state index in [4.69, 9.17) is 9.47 Å². The van der Waals surface area contributed by atoms with Gasteiger partial charge in [0.25, 0.3) is 0 Å². The van der Waals surface area contributed by atoms with Crippen molar-refractivity contribution in [3.63, 3.8) is 0 Å². The minimum absolute atomic E-state index is 0.169. The summed E-state index contributed by atoms with van der Waals surface area (Å²) in [5.74, 6) is -1.25. The number of carbonyl (C=O) groups is 2. The van der Waals surface area contributed by atoms with Gasteiger partial charge in [-0.25, -0.2) is 9.59 Å². The molecular formula is C27H30O4. The summed E-state index contributed by atoms with van der Waals surface area (Å²) in [4.78, 5) is 26.4. The molecule has 3 aliphatic rings. The van der Waals surface area contributed by atoms with Crippen LogP contribution in [0.15, 0.2) is 59.7 Å². The van der Waals surface area contributed by atoms with E-state index in [2.05, 4.69) is 45.0 Å². The van der Waals surface area contributed by atoms with Crippen LogP contribution in [0.4, 0.5) is 0 Å². The highest BCUT2D eigenvalue weighted by Crippen LogP contribution is 2.61. The van der Waals surface area contributed by atoms with Gasteiger partial charge >= 0.3 is 11.9 Å². The molecular weight excluding hydrogens is 388 g/mol. The first kappa shape index (κ1) is 21.4. The van der Waals surface area contributed by atoms with Gasteiger partial charge in [0.2, 0.25) is 0 Å². The second-order valence-corrected chi connectivity index (χ2v) is 9.70. The van der Waals surface area contributed by atoms with Gasteiger partial charge in [-0.3, -0.25) is 0 Å². The third-order valence-corrected chi connectivity index (χ3v) is 6.72. The van der Waals surface area contributed by atoms with Crippen LogP contribution in [0.2, 0.25) is 0 Å². The SMILES string of the molecule is COC(=O)C1=C(C(=O)OC)C2(CCCC(C)(C)C)c3ccccc3C1c1ccccc12. The maximum Gasteiger partial charge on any atom is 0.335 e. The number of carbonyl (C=O) groups excluding carboxylic acids is 2. The topological polar surface area (TPSA) is 52.6 Å². The molecule has 3 aliphatic carbocycles. The Morgan fingerprint density at radius 2 is 1.39 bits per heavy atom. The van der Waals surface area contributed by atoms with E-state index in [-0.39, 0.29) is 11.3 Å². The summed E-state index contributed by atoms with van der Waals surface area (Å²) in [6, 6.07) is 16.4. The molecule has 0 saturated heterocycles. The van der Waals surface area contributed by atoms with Crippen LogP contribution in [0, 0.1) is 5.41 Å². The normalized spacial score (nSPS) is 21.4. The van der Waals surface area contributed by atoms with Gasteiger partial charge < -0.3 is 9.47 Å². The molecule has 0 saturated carbocycles. The van der Waals surface area contributed by atoms with Crippen molar-refractivity contribution in [1.29, 1.82) is 0 Å². The van der Waals surface area contributed by atoms with E-state index in [1.54, 1.807) is 0 Å². The Balaban J connectivity index is 2.05. The summed E-state index contributed by atoms with van der Waals surface area (Å²) in [6.45, 7) is 6.67. The van der Waals surface area contributed by atoms with E-state index < -0.39 is 17.4 Å². The summed E-state index contributed by atoms with van der Waals surface area (Å²) in [6.07, 6.45) is 2.63. The van der Waals surface area contributed by atoms with Crippen LogP contribution in [-0.2, 0) is 24.5 Å². The first-order chi connectivity index (χ1) is 14.8. The number of methoxy groups -OCH3 is 2. The monoisotopic (exact) mass is 418 g/mol. The van der Waals surface area contributed by atoms with Crippen LogP contribution in [0.25, 0.3) is 0 Å². The number of ether oxygens (including phenoxy) is 2. The smallest absolute Gasteiger partial charge is 0.335 e. The third-order valence-electron chi connectivity index (χ3n) is 6.72. The molecule has 4 heteroatoms. The molecule has 2 bridgehead atoms. The van der Waals surface area contributed by atoms with Crippen molar-refractivity contribution >= 4 is 11.9 Å². The highest BCUT2D eigenvalue weighted by atomic mass is 16.5. The van der Waals surface area contributed by atoms with Crippen LogP contribution >= 0.6 is 0 Å². The van der Waals surface area contributed by atoms with E-state index in [1.807, 2.05) is 24.3 Å². The summed E-state index contributed by atoms with van der Waals surface area (Å²) in [5.41, 5.74) is 4.64. The third kappa shape index (κ3) is 3.20. The van der Waals surface area contributed by atoms with Crippen molar-refractivity contribution in [2.45, 2.75) is 51.4 Å². The molecule has 0 radical (unpaired) electrons. The molecule has 0 aromatic heterocycles. The Bertz CT molecular complexity index is 1020. The summed E-state index contributed by atoms with van der Waals surface area (Å²) < 4.78 is 10.5. The number of hydrogen-bond donors (Lipinski definition) is 0. The lowest BCUT2D eigenvalue weighted by Gasteiger charge is -2.50. The van der Waals surface area contributed by atoms with Gasteiger partial charge in [-0.1, -0.05) is 75.7 Å². The largest absolute Gasteiger partial charge is 0.466 e. The van der Waals surface area contributed by atoms with Crippen molar-refractivity contribution in [1.82, 2.24) is 0 Å². The summed E-state index contributed by atoms with van der Waals surface area (Å²) >= 11 is 0. The maximum absolute atomic E-state index is 13.3. The maximum atomic E-state index is 13.3. The predicted octanol–water partition coefficient (Wildman–Crippen LogP) is 5.29. The van der Waals surface area contributed by atoms with Crippen molar-refractivity contribution in [3.05, 3.63) is 81.9 Å². The molecule has 162 valence electrons. The standard InChI is InChI=1S/C27H30O4/c1-26(2,3)15-10-16-27-19-13-8-6-11-17(19)21(18-12-7-9-14-20(18)27)22(24(28)30-4)23(27)25(29)31-5/h6-9,11-14,21H,10,15-16H2,1-5H3. The minimum Gasteiger partial charge on any atom is -0.466 e. The highest BCUT2D eigenvalue weighted by Gasteiger charge is 2.56. The molecule has 0 unspecified atom stereocenters. The highest BCUT2D eigenvalue weighted by molar-refractivity contribution is 6.07. The first-order valence-corrected chi connectivity index (χ1v) is 10.9. The fourth-order valence-corrected chi connectivity index (χ4v) is 5.54. The molecule has 0 spiro atoms. The predicted molar refractivity (Wildman–Crippen MR) is 120 cm³/mol. The average molecular weight is 419 g/mol. The van der Waals surface area contributed by atoms with Crippen molar-refractivity contribution in [3.8, 4) is 0 Å². The molecule has 31 heavy (non-hydrogen) atoms. The van der Waals surface area contributed by atoms with Crippen LogP contribution < -0.4 is 0 Å². The average Bonchev–Trinajstić information content (AvgIpc) is 2.77. The zero-order valence-electron chi connectivity index (χ0n) is 19.0. The van der Waals surface area contributed by atoms with Gasteiger partial charge in [0.1, 0.15) is 0 Å². The molecule has 0 aliphatic heterocycles. The molecule has 4 nitrogen and oxygen atoms in total. The van der Waals surface area contributed by atoms with Gasteiger partial charge in [-0.2, -0.15) is 0 Å². The van der Waals surface area contributed by atoms with Gasteiger partial charge in [0.05, 0.1) is 30.8 Å². The second-order valence-electron chi connectivity index (χ2n) is 9.70. The Kier molecular flexibility index (Phi) is 5.28. The molecule has 0 heterocycles. The van der Waals surface area contributed by atoms with Crippen LogP contribution in [0.1, 0.15) is 68.2 Å². The Labute approximate surface area is 184 Å². The van der Waals surface area contributed by atoms with Gasteiger partial charge in [-0.15, -0.1) is 0 Å². The number of benzene rings is 2. The second kappa shape index (κ2) is 7.67. The Morgan fingerprint density at radius 3 is 1.87 bits per heavy atom. The van der Waals surface area contributed by atoms with Crippen molar-refractivity contribution in [2.75, 3.05) is 14.2 Å². The van der Waals surface area contributed by atoms with Gasteiger partial charge in [-0.05, 0) is 40.5 Å².